The Morgan fingerprint density at radius 1 is 1.43 bits per heavy atom. The predicted octanol–water partition coefficient (Wildman–Crippen LogP) is 2.35. The van der Waals surface area contributed by atoms with E-state index in [-0.39, 0.29) is 0 Å². The van der Waals surface area contributed by atoms with E-state index in [1.54, 1.807) is 11.3 Å². The molecule has 6 heteroatoms. The topological polar surface area (TPSA) is 42.7 Å². The van der Waals surface area contributed by atoms with Gasteiger partial charge in [-0.25, -0.2) is 0 Å². The summed E-state index contributed by atoms with van der Waals surface area (Å²) < 4.78 is 3.03. The van der Waals surface area contributed by atoms with Gasteiger partial charge in [0.2, 0.25) is 5.95 Å². The normalized spacial score (nSPS) is 10.5. The van der Waals surface area contributed by atoms with Crippen molar-refractivity contribution in [1.29, 1.82) is 0 Å². The number of nitrogens with one attached hydrogen (secondary N) is 1. The van der Waals surface area contributed by atoms with Gasteiger partial charge in [-0.2, -0.15) is 0 Å². The molecule has 0 aliphatic rings. The summed E-state index contributed by atoms with van der Waals surface area (Å²) in [5.41, 5.74) is 0. The van der Waals surface area contributed by atoms with Crippen LogP contribution in [-0.2, 0) is 7.05 Å². The molecule has 14 heavy (non-hydrogen) atoms. The van der Waals surface area contributed by atoms with Gasteiger partial charge in [0.05, 0.1) is 8.66 Å². The molecular formula is C8H9BrN4S. The summed E-state index contributed by atoms with van der Waals surface area (Å²) in [7, 11) is 3.77. The van der Waals surface area contributed by atoms with E-state index in [4.69, 9.17) is 0 Å². The first kappa shape index (κ1) is 9.67. The van der Waals surface area contributed by atoms with Gasteiger partial charge in [-0.3, -0.25) is 4.57 Å². The SMILES string of the molecule is CNc1nnc(-c2ccc(Br)s2)n1C. The lowest BCUT2D eigenvalue weighted by atomic mass is 10.4. The zero-order chi connectivity index (χ0) is 10.1. The molecule has 2 rings (SSSR count). The highest BCUT2D eigenvalue weighted by molar-refractivity contribution is 9.11. The molecule has 0 aliphatic carbocycles. The van der Waals surface area contributed by atoms with Crippen LogP contribution in [0.15, 0.2) is 15.9 Å². The summed E-state index contributed by atoms with van der Waals surface area (Å²) >= 11 is 5.07. The molecule has 4 nitrogen and oxygen atoms in total. The van der Waals surface area contributed by atoms with E-state index >= 15 is 0 Å². The highest BCUT2D eigenvalue weighted by Crippen LogP contribution is 2.30. The molecule has 0 saturated heterocycles. The number of rotatable bonds is 2. The molecule has 0 radical (unpaired) electrons. The molecule has 74 valence electrons. The third kappa shape index (κ3) is 1.55. The fraction of sp³-hybridized carbons (Fsp3) is 0.250. The van der Waals surface area contributed by atoms with Crippen molar-refractivity contribution >= 4 is 33.2 Å². The van der Waals surface area contributed by atoms with Gasteiger partial charge in [-0.15, -0.1) is 21.5 Å². The summed E-state index contributed by atoms with van der Waals surface area (Å²) in [4.78, 5) is 1.10. The van der Waals surface area contributed by atoms with E-state index in [2.05, 4.69) is 31.4 Å². The van der Waals surface area contributed by atoms with Crippen molar-refractivity contribution in [3.63, 3.8) is 0 Å². The van der Waals surface area contributed by atoms with Crippen molar-refractivity contribution in [2.45, 2.75) is 0 Å². The maximum atomic E-state index is 4.11. The molecule has 1 N–H and O–H groups in total. The van der Waals surface area contributed by atoms with Crippen LogP contribution >= 0.6 is 27.3 Å². The lowest BCUT2D eigenvalue weighted by molar-refractivity contribution is 0.927. The fourth-order valence-electron chi connectivity index (χ4n) is 1.20. The Hall–Kier alpha value is -0.880. The second-order valence-electron chi connectivity index (χ2n) is 2.76. The van der Waals surface area contributed by atoms with Gasteiger partial charge >= 0.3 is 0 Å². The van der Waals surface area contributed by atoms with E-state index < -0.39 is 0 Å². The minimum absolute atomic E-state index is 0.768. The first-order valence-electron chi connectivity index (χ1n) is 4.05. The van der Waals surface area contributed by atoms with E-state index in [0.29, 0.717) is 0 Å². The van der Waals surface area contributed by atoms with Crippen LogP contribution in [0, 0.1) is 0 Å². The van der Waals surface area contributed by atoms with Crippen molar-refractivity contribution in [3.05, 3.63) is 15.9 Å². The van der Waals surface area contributed by atoms with Gasteiger partial charge in [0.1, 0.15) is 0 Å². The first-order chi connectivity index (χ1) is 6.72. The number of halogens is 1. The largest absolute Gasteiger partial charge is 0.357 e. The molecule has 2 aromatic rings. The molecule has 2 aromatic heterocycles. The van der Waals surface area contributed by atoms with Gasteiger partial charge in [-0.1, -0.05) is 0 Å². The monoisotopic (exact) mass is 272 g/mol. The van der Waals surface area contributed by atoms with Crippen LogP contribution < -0.4 is 5.32 Å². The Balaban J connectivity index is 2.46. The molecule has 0 atom stereocenters. The number of thiophene rings is 1. The molecule has 2 heterocycles. The predicted molar refractivity (Wildman–Crippen MR) is 61.6 cm³/mol. The molecule has 0 aliphatic heterocycles. The quantitative estimate of drug-likeness (QED) is 0.913. The second-order valence-corrected chi connectivity index (χ2v) is 5.22. The van der Waals surface area contributed by atoms with Crippen LogP contribution in [0.4, 0.5) is 5.95 Å². The Morgan fingerprint density at radius 2 is 2.21 bits per heavy atom. The number of anilines is 1. The first-order valence-corrected chi connectivity index (χ1v) is 5.66. The Morgan fingerprint density at radius 3 is 2.71 bits per heavy atom. The summed E-state index contributed by atoms with van der Waals surface area (Å²) in [5.74, 6) is 1.65. The van der Waals surface area contributed by atoms with Crippen LogP contribution in [0.3, 0.4) is 0 Å². The van der Waals surface area contributed by atoms with Crippen molar-refractivity contribution in [1.82, 2.24) is 14.8 Å². The number of nitrogens with zero attached hydrogens (tertiary/aromatic N) is 3. The lowest BCUT2D eigenvalue weighted by Gasteiger charge is -1.99. The molecular weight excluding hydrogens is 264 g/mol. The summed E-state index contributed by atoms with van der Waals surface area (Å²) in [5, 5.41) is 11.1. The lowest BCUT2D eigenvalue weighted by Crippen LogP contribution is -1.98. The van der Waals surface area contributed by atoms with E-state index in [9.17, 15) is 0 Å². The number of aromatic nitrogens is 3. The molecule has 0 fully saturated rings. The molecule has 0 spiro atoms. The van der Waals surface area contributed by atoms with E-state index in [0.717, 1.165) is 20.4 Å². The Bertz CT molecular complexity index is 448. The van der Waals surface area contributed by atoms with Crippen molar-refractivity contribution in [2.24, 2.45) is 7.05 Å². The van der Waals surface area contributed by atoms with Crippen molar-refractivity contribution < 1.29 is 0 Å². The third-order valence-corrected chi connectivity index (χ3v) is 3.51. The second kappa shape index (κ2) is 3.70. The van der Waals surface area contributed by atoms with E-state index in [1.807, 2.05) is 30.8 Å². The van der Waals surface area contributed by atoms with Gasteiger partial charge < -0.3 is 5.32 Å². The highest BCUT2D eigenvalue weighted by Gasteiger charge is 2.10. The molecule has 0 amide bonds. The fourth-order valence-corrected chi connectivity index (χ4v) is 2.60. The van der Waals surface area contributed by atoms with Crippen LogP contribution in [0.1, 0.15) is 0 Å². The number of hydrogen-bond donors (Lipinski definition) is 1. The zero-order valence-corrected chi connectivity index (χ0v) is 10.2. The minimum atomic E-state index is 0.768. The smallest absolute Gasteiger partial charge is 0.224 e. The van der Waals surface area contributed by atoms with Crippen LogP contribution in [0.5, 0.6) is 0 Å². The van der Waals surface area contributed by atoms with Gasteiger partial charge in [0, 0.05) is 14.1 Å². The van der Waals surface area contributed by atoms with E-state index in [1.165, 1.54) is 0 Å². The number of hydrogen-bond acceptors (Lipinski definition) is 4. The summed E-state index contributed by atoms with van der Waals surface area (Å²) in [6.07, 6.45) is 0. The molecule has 0 bridgehead atoms. The average molecular weight is 273 g/mol. The maximum absolute atomic E-state index is 4.11. The maximum Gasteiger partial charge on any atom is 0.224 e. The van der Waals surface area contributed by atoms with Crippen LogP contribution in [0.2, 0.25) is 0 Å². The molecule has 0 saturated carbocycles. The Labute approximate surface area is 94.1 Å². The van der Waals surface area contributed by atoms with Crippen LogP contribution in [0.25, 0.3) is 10.7 Å². The summed E-state index contributed by atoms with van der Waals surface area (Å²) in [6.45, 7) is 0. The minimum Gasteiger partial charge on any atom is -0.357 e. The summed E-state index contributed by atoms with van der Waals surface area (Å²) in [6, 6.07) is 4.03. The molecule has 0 unspecified atom stereocenters. The van der Waals surface area contributed by atoms with Crippen molar-refractivity contribution in [2.75, 3.05) is 12.4 Å². The zero-order valence-electron chi connectivity index (χ0n) is 7.78. The Kier molecular flexibility index (Phi) is 2.56. The average Bonchev–Trinajstić information content (AvgIpc) is 2.72. The van der Waals surface area contributed by atoms with Gasteiger partial charge in [0.25, 0.3) is 0 Å². The van der Waals surface area contributed by atoms with Gasteiger partial charge in [-0.05, 0) is 28.1 Å². The molecule has 0 aromatic carbocycles. The standard InChI is InChI=1S/C8H9BrN4S/c1-10-8-12-11-7(13(8)2)5-3-4-6(9)14-5/h3-4H,1-2H3,(H,10,12). The van der Waals surface area contributed by atoms with Crippen molar-refractivity contribution in [3.8, 4) is 10.7 Å². The highest BCUT2D eigenvalue weighted by atomic mass is 79.9. The van der Waals surface area contributed by atoms with Gasteiger partial charge in [0.15, 0.2) is 5.82 Å². The van der Waals surface area contributed by atoms with Crippen LogP contribution in [-0.4, -0.2) is 21.8 Å². The third-order valence-electron chi connectivity index (χ3n) is 1.89.